The third kappa shape index (κ3) is 4.21. The molecule has 0 saturated carbocycles. The monoisotopic (exact) mass is 310 g/mol. The van der Waals surface area contributed by atoms with Crippen LogP contribution in [-0.4, -0.2) is 29.9 Å². The molecule has 1 amide bonds. The van der Waals surface area contributed by atoms with Crippen molar-refractivity contribution < 1.29 is 4.79 Å². The zero-order valence-corrected chi connectivity index (χ0v) is 13.9. The van der Waals surface area contributed by atoms with Gasteiger partial charge in [0.15, 0.2) is 0 Å². The molecule has 21 heavy (non-hydrogen) atoms. The molecule has 0 radical (unpaired) electrons. The first-order valence-corrected chi connectivity index (χ1v) is 7.67. The molecule has 1 aromatic rings. The van der Waals surface area contributed by atoms with Crippen LogP contribution in [0.15, 0.2) is 30.3 Å². The summed E-state index contributed by atoms with van der Waals surface area (Å²) in [5.74, 6) is 0.127. The summed E-state index contributed by atoms with van der Waals surface area (Å²) in [5, 5.41) is 0. The van der Waals surface area contributed by atoms with Gasteiger partial charge in [0.1, 0.15) is 0 Å². The highest BCUT2D eigenvalue weighted by Gasteiger charge is 2.34. The standard InChI is InChI=1S/C17H26N2O.ClH/c1-3-7-15(18)16(20)19-12-10-17(2,11-13-19)14-8-5-4-6-9-14;/h4-6,8-9,15H,3,7,10-13,18H2,1-2H3;1H. The molecule has 3 nitrogen and oxygen atoms in total. The van der Waals surface area contributed by atoms with Crippen LogP contribution >= 0.6 is 12.4 Å². The van der Waals surface area contributed by atoms with E-state index in [2.05, 4.69) is 44.2 Å². The van der Waals surface area contributed by atoms with Gasteiger partial charge >= 0.3 is 0 Å². The van der Waals surface area contributed by atoms with Crippen LogP contribution in [0.2, 0.25) is 0 Å². The lowest BCUT2D eigenvalue weighted by atomic mass is 9.74. The third-order valence-electron chi connectivity index (χ3n) is 4.57. The lowest BCUT2D eigenvalue weighted by molar-refractivity contribution is -0.134. The van der Waals surface area contributed by atoms with Crippen LogP contribution in [-0.2, 0) is 10.2 Å². The Bertz CT molecular complexity index is 441. The molecule has 0 spiro atoms. The zero-order valence-electron chi connectivity index (χ0n) is 13.0. The van der Waals surface area contributed by atoms with Gasteiger partial charge in [-0.25, -0.2) is 0 Å². The van der Waals surface area contributed by atoms with E-state index in [1.165, 1.54) is 5.56 Å². The summed E-state index contributed by atoms with van der Waals surface area (Å²) in [6, 6.07) is 10.3. The van der Waals surface area contributed by atoms with E-state index >= 15 is 0 Å². The molecule has 1 aromatic carbocycles. The SMILES string of the molecule is CCCC(N)C(=O)N1CCC(C)(c2ccccc2)CC1.Cl. The van der Waals surface area contributed by atoms with E-state index in [4.69, 9.17) is 5.73 Å². The van der Waals surface area contributed by atoms with Gasteiger partial charge in [-0.15, -0.1) is 12.4 Å². The zero-order chi connectivity index (χ0) is 14.6. The Hall–Kier alpha value is -1.06. The van der Waals surface area contributed by atoms with Crippen molar-refractivity contribution in [2.75, 3.05) is 13.1 Å². The van der Waals surface area contributed by atoms with E-state index < -0.39 is 0 Å². The van der Waals surface area contributed by atoms with E-state index in [1.54, 1.807) is 0 Å². The quantitative estimate of drug-likeness (QED) is 0.929. The molecule has 118 valence electrons. The first-order chi connectivity index (χ1) is 9.57. The number of rotatable bonds is 4. The van der Waals surface area contributed by atoms with Gasteiger partial charge in [0.2, 0.25) is 5.91 Å². The van der Waals surface area contributed by atoms with E-state index in [1.807, 2.05) is 4.90 Å². The van der Waals surface area contributed by atoms with Crippen molar-refractivity contribution in [2.24, 2.45) is 5.73 Å². The molecule has 1 aliphatic heterocycles. The largest absolute Gasteiger partial charge is 0.341 e. The lowest BCUT2D eigenvalue weighted by Gasteiger charge is -2.40. The Morgan fingerprint density at radius 1 is 1.29 bits per heavy atom. The van der Waals surface area contributed by atoms with Crippen molar-refractivity contribution in [3.05, 3.63) is 35.9 Å². The van der Waals surface area contributed by atoms with Crippen LogP contribution < -0.4 is 5.73 Å². The van der Waals surface area contributed by atoms with Gasteiger partial charge < -0.3 is 10.6 Å². The second-order valence-electron chi connectivity index (χ2n) is 6.15. The van der Waals surface area contributed by atoms with Crippen molar-refractivity contribution in [3.8, 4) is 0 Å². The molecule has 1 heterocycles. The maximum atomic E-state index is 12.2. The predicted molar refractivity (Wildman–Crippen MR) is 89.7 cm³/mol. The summed E-state index contributed by atoms with van der Waals surface area (Å²) in [5.41, 5.74) is 7.51. The molecule has 0 aromatic heterocycles. The first kappa shape index (κ1) is 18.0. The van der Waals surface area contributed by atoms with Crippen LogP contribution in [0.25, 0.3) is 0 Å². The van der Waals surface area contributed by atoms with E-state index in [-0.39, 0.29) is 29.8 Å². The highest BCUT2D eigenvalue weighted by atomic mass is 35.5. The Labute approximate surface area is 134 Å². The maximum absolute atomic E-state index is 12.2. The number of nitrogens with two attached hydrogens (primary N) is 1. The molecular formula is C17H27ClN2O. The minimum atomic E-state index is -0.318. The molecule has 1 unspecified atom stereocenters. The summed E-state index contributed by atoms with van der Waals surface area (Å²) < 4.78 is 0. The van der Waals surface area contributed by atoms with Crippen molar-refractivity contribution in [3.63, 3.8) is 0 Å². The molecule has 2 N–H and O–H groups in total. The predicted octanol–water partition coefficient (Wildman–Crippen LogP) is 3.12. The number of benzene rings is 1. The Balaban J connectivity index is 0.00000220. The average Bonchev–Trinajstić information content (AvgIpc) is 2.48. The first-order valence-electron chi connectivity index (χ1n) is 7.67. The van der Waals surface area contributed by atoms with Crippen LogP contribution in [0.1, 0.15) is 45.1 Å². The summed E-state index contributed by atoms with van der Waals surface area (Å²) >= 11 is 0. The molecule has 1 atom stereocenters. The van der Waals surface area contributed by atoms with E-state index in [0.717, 1.165) is 38.8 Å². The van der Waals surface area contributed by atoms with Crippen LogP contribution in [0.5, 0.6) is 0 Å². The fraction of sp³-hybridized carbons (Fsp3) is 0.588. The van der Waals surface area contributed by atoms with Gasteiger partial charge in [-0.1, -0.05) is 50.6 Å². The smallest absolute Gasteiger partial charge is 0.239 e. The highest BCUT2D eigenvalue weighted by molar-refractivity contribution is 5.85. The van der Waals surface area contributed by atoms with Crippen LogP contribution in [0.4, 0.5) is 0 Å². The number of likely N-dealkylation sites (tertiary alicyclic amines) is 1. The van der Waals surface area contributed by atoms with Gasteiger partial charge in [0.25, 0.3) is 0 Å². The van der Waals surface area contributed by atoms with Crippen molar-refractivity contribution in [1.29, 1.82) is 0 Å². The number of hydrogen-bond donors (Lipinski definition) is 1. The minimum absolute atomic E-state index is 0. The third-order valence-corrected chi connectivity index (χ3v) is 4.57. The van der Waals surface area contributed by atoms with Crippen molar-refractivity contribution in [1.82, 2.24) is 4.90 Å². The van der Waals surface area contributed by atoms with E-state index in [0.29, 0.717) is 0 Å². The second-order valence-corrected chi connectivity index (χ2v) is 6.15. The molecule has 1 aliphatic rings. The number of carbonyl (C=O) groups is 1. The molecule has 2 rings (SSSR count). The van der Waals surface area contributed by atoms with Crippen LogP contribution in [0.3, 0.4) is 0 Å². The Kier molecular flexibility index (Phi) is 6.69. The highest BCUT2D eigenvalue weighted by Crippen LogP contribution is 2.34. The molecule has 4 heteroatoms. The lowest BCUT2D eigenvalue weighted by Crippen LogP contribution is -2.49. The topological polar surface area (TPSA) is 46.3 Å². The average molecular weight is 311 g/mol. The second kappa shape index (κ2) is 7.81. The molecule has 0 bridgehead atoms. The summed E-state index contributed by atoms with van der Waals surface area (Å²) in [6.45, 7) is 6.01. The van der Waals surface area contributed by atoms with Gasteiger partial charge in [-0.3, -0.25) is 4.79 Å². The fourth-order valence-corrected chi connectivity index (χ4v) is 3.02. The Morgan fingerprint density at radius 3 is 2.38 bits per heavy atom. The van der Waals surface area contributed by atoms with Gasteiger partial charge in [-0.05, 0) is 30.2 Å². The number of carbonyl (C=O) groups excluding carboxylic acids is 1. The number of amides is 1. The van der Waals surface area contributed by atoms with Crippen molar-refractivity contribution >= 4 is 18.3 Å². The summed E-state index contributed by atoms with van der Waals surface area (Å²) in [4.78, 5) is 14.2. The maximum Gasteiger partial charge on any atom is 0.239 e. The van der Waals surface area contributed by atoms with Gasteiger partial charge in [-0.2, -0.15) is 0 Å². The van der Waals surface area contributed by atoms with Crippen LogP contribution in [0, 0.1) is 0 Å². The molecule has 1 fully saturated rings. The molecular weight excluding hydrogens is 284 g/mol. The number of hydrogen-bond acceptors (Lipinski definition) is 2. The van der Waals surface area contributed by atoms with E-state index in [9.17, 15) is 4.79 Å². The van der Waals surface area contributed by atoms with Gasteiger partial charge in [0.05, 0.1) is 6.04 Å². The fourth-order valence-electron chi connectivity index (χ4n) is 3.02. The number of piperidine rings is 1. The van der Waals surface area contributed by atoms with Gasteiger partial charge in [0, 0.05) is 13.1 Å². The molecule has 0 aliphatic carbocycles. The minimum Gasteiger partial charge on any atom is -0.341 e. The number of nitrogens with zero attached hydrogens (tertiary/aromatic N) is 1. The number of halogens is 1. The Morgan fingerprint density at radius 2 is 1.86 bits per heavy atom. The molecule has 1 saturated heterocycles. The normalized spacial score (nSPS) is 18.7. The summed E-state index contributed by atoms with van der Waals surface area (Å²) in [6.07, 6.45) is 3.77. The van der Waals surface area contributed by atoms with Crippen molar-refractivity contribution in [2.45, 2.75) is 51.0 Å². The summed E-state index contributed by atoms with van der Waals surface area (Å²) in [7, 11) is 0.